The first kappa shape index (κ1) is 21.7. The van der Waals surface area contributed by atoms with E-state index in [9.17, 15) is 0 Å². The first-order chi connectivity index (χ1) is 13.8. The van der Waals surface area contributed by atoms with E-state index in [1.54, 1.807) is 11.1 Å². The maximum absolute atomic E-state index is 2.54. The highest BCUT2D eigenvalue weighted by molar-refractivity contribution is 5.66. The topological polar surface area (TPSA) is 0 Å². The lowest BCUT2D eigenvalue weighted by Crippen LogP contribution is -2.13. The van der Waals surface area contributed by atoms with Gasteiger partial charge in [-0.2, -0.15) is 0 Å². The third kappa shape index (κ3) is 6.50. The highest BCUT2D eigenvalue weighted by Crippen LogP contribution is 2.39. The maximum Gasteiger partial charge on any atom is -0.0162 e. The molecule has 0 aromatic heterocycles. The second-order valence-electron chi connectivity index (χ2n) is 9.70. The van der Waals surface area contributed by atoms with Crippen LogP contribution in [0.5, 0.6) is 0 Å². The van der Waals surface area contributed by atoms with Gasteiger partial charge in [0.2, 0.25) is 0 Å². The van der Waals surface area contributed by atoms with Crippen LogP contribution in [0.2, 0.25) is 0 Å². The Labute approximate surface area is 175 Å². The van der Waals surface area contributed by atoms with Crippen molar-refractivity contribution in [2.45, 2.75) is 116 Å². The van der Waals surface area contributed by atoms with E-state index in [0.717, 1.165) is 17.8 Å². The molecule has 1 fully saturated rings. The minimum absolute atomic E-state index is 0.819. The van der Waals surface area contributed by atoms with Crippen LogP contribution in [0.3, 0.4) is 0 Å². The largest absolute Gasteiger partial charge is 0.0804 e. The minimum Gasteiger partial charge on any atom is -0.0804 e. The van der Waals surface area contributed by atoms with Crippen LogP contribution in [-0.2, 0) is 0 Å². The molecular weight excluding hydrogens is 336 g/mol. The van der Waals surface area contributed by atoms with Crippen molar-refractivity contribution >= 4 is 5.57 Å². The molecule has 0 amide bonds. The monoisotopic (exact) mass is 380 g/mol. The second kappa shape index (κ2) is 11.8. The minimum atomic E-state index is 0.819. The Kier molecular flexibility index (Phi) is 9.16. The SMILES string of the molecule is CCCCCC[C@H]1CC[C@H](c2ccc(C3=CCC(CCCC)CC3)cc2)CC1. The third-order valence-electron chi connectivity index (χ3n) is 7.55. The molecule has 0 spiro atoms. The highest BCUT2D eigenvalue weighted by atomic mass is 14.3. The number of benzene rings is 1. The average molecular weight is 381 g/mol. The molecule has 1 unspecified atom stereocenters. The number of rotatable bonds is 10. The van der Waals surface area contributed by atoms with Gasteiger partial charge in [-0.25, -0.2) is 0 Å². The van der Waals surface area contributed by atoms with Crippen molar-refractivity contribution in [3.63, 3.8) is 0 Å². The fourth-order valence-electron chi connectivity index (χ4n) is 5.52. The number of allylic oxidation sites excluding steroid dienone is 2. The van der Waals surface area contributed by atoms with Crippen molar-refractivity contribution in [3.8, 4) is 0 Å². The Bertz CT molecular complexity index is 571. The van der Waals surface area contributed by atoms with Crippen LogP contribution in [-0.4, -0.2) is 0 Å². The van der Waals surface area contributed by atoms with Crippen LogP contribution in [0.4, 0.5) is 0 Å². The summed E-state index contributed by atoms with van der Waals surface area (Å²) >= 11 is 0. The third-order valence-corrected chi connectivity index (χ3v) is 7.55. The van der Waals surface area contributed by atoms with E-state index in [0.29, 0.717) is 0 Å². The van der Waals surface area contributed by atoms with Gasteiger partial charge in [0, 0.05) is 0 Å². The second-order valence-corrected chi connectivity index (χ2v) is 9.70. The van der Waals surface area contributed by atoms with E-state index < -0.39 is 0 Å². The molecule has 1 atom stereocenters. The lowest BCUT2D eigenvalue weighted by molar-refractivity contribution is 0.302. The Balaban J connectivity index is 1.44. The summed E-state index contributed by atoms with van der Waals surface area (Å²) in [6, 6.07) is 9.74. The van der Waals surface area contributed by atoms with Crippen LogP contribution in [0, 0.1) is 11.8 Å². The lowest BCUT2D eigenvalue weighted by atomic mass is 9.76. The molecule has 0 bridgehead atoms. The van der Waals surface area contributed by atoms with E-state index in [-0.39, 0.29) is 0 Å². The van der Waals surface area contributed by atoms with E-state index in [1.807, 2.05) is 0 Å². The highest BCUT2D eigenvalue weighted by Gasteiger charge is 2.22. The van der Waals surface area contributed by atoms with Crippen LogP contribution < -0.4 is 0 Å². The Morgan fingerprint density at radius 2 is 1.43 bits per heavy atom. The zero-order chi connectivity index (χ0) is 19.6. The van der Waals surface area contributed by atoms with Crippen molar-refractivity contribution in [1.29, 1.82) is 0 Å². The molecule has 2 aliphatic rings. The summed E-state index contributed by atoms with van der Waals surface area (Å²) in [4.78, 5) is 0. The van der Waals surface area contributed by atoms with Crippen molar-refractivity contribution in [3.05, 3.63) is 41.5 Å². The molecular formula is C28H44. The fourth-order valence-corrected chi connectivity index (χ4v) is 5.52. The molecule has 28 heavy (non-hydrogen) atoms. The zero-order valence-electron chi connectivity index (χ0n) is 18.7. The summed E-state index contributed by atoms with van der Waals surface area (Å²) in [7, 11) is 0. The molecule has 0 saturated heterocycles. The summed E-state index contributed by atoms with van der Waals surface area (Å²) in [6.45, 7) is 4.62. The Morgan fingerprint density at radius 3 is 2.07 bits per heavy atom. The number of hydrogen-bond donors (Lipinski definition) is 0. The maximum atomic E-state index is 2.54. The van der Waals surface area contributed by atoms with Gasteiger partial charge in [0.25, 0.3) is 0 Å². The molecule has 1 saturated carbocycles. The summed E-state index contributed by atoms with van der Waals surface area (Å²) in [5.41, 5.74) is 4.70. The standard InChI is InChI=1S/C28H44/c1-3-5-7-8-10-24-13-17-26(18-14-24)28-21-19-27(20-22-28)25-15-11-23(12-16-25)9-6-4-2/h15,19-24,26H,3-14,16-18H2,1-2H3/t23?,24-,26-. The molecule has 0 nitrogen and oxygen atoms in total. The van der Waals surface area contributed by atoms with Crippen LogP contribution in [0.1, 0.15) is 127 Å². The summed E-state index contributed by atoms with van der Waals surface area (Å²) in [5, 5.41) is 0. The van der Waals surface area contributed by atoms with Gasteiger partial charge in [0.1, 0.15) is 0 Å². The van der Waals surface area contributed by atoms with E-state index in [2.05, 4.69) is 44.2 Å². The van der Waals surface area contributed by atoms with Crippen LogP contribution >= 0.6 is 0 Å². The van der Waals surface area contributed by atoms with Crippen molar-refractivity contribution in [2.75, 3.05) is 0 Å². The number of unbranched alkanes of at least 4 members (excludes halogenated alkanes) is 4. The molecule has 0 heterocycles. The summed E-state index contributed by atoms with van der Waals surface area (Å²) in [5.74, 6) is 2.78. The predicted molar refractivity (Wildman–Crippen MR) is 125 cm³/mol. The fraction of sp³-hybridized carbons (Fsp3) is 0.714. The van der Waals surface area contributed by atoms with E-state index >= 15 is 0 Å². The molecule has 0 aliphatic heterocycles. The van der Waals surface area contributed by atoms with Gasteiger partial charge in [-0.3, -0.25) is 0 Å². The van der Waals surface area contributed by atoms with Crippen molar-refractivity contribution in [1.82, 2.24) is 0 Å². The summed E-state index contributed by atoms with van der Waals surface area (Å²) < 4.78 is 0. The van der Waals surface area contributed by atoms with Gasteiger partial charge < -0.3 is 0 Å². The molecule has 1 aromatic carbocycles. The smallest absolute Gasteiger partial charge is 0.0162 e. The van der Waals surface area contributed by atoms with E-state index in [4.69, 9.17) is 0 Å². The lowest BCUT2D eigenvalue weighted by Gasteiger charge is -2.29. The van der Waals surface area contributed by atoms with Gasteiger partial charge in [-0.15, -0.1) is 0 Å². The Hall–Kier alpha value is -1.04. The van der Waals surface area contributed by atoms with Gasteiger partial charge in [0.05, 0.1) is 0 Å². The molecule has 2 aliphatic carbocycles. The first-order valence-electron chi connectivity index (χ1n) is 12.6. The quantitative estimate of drug-likeness (QED) is 0.355. The summed E-state index contributed by atoms with van der Waals surface area (Å²) in [6.07, 6.45) is 23.7. The molecule has 156 valence electrons. The van der Waals surface area contributed by atoms with Gasteiger partial charge in [0.15, 0.2) is 0 Å². The first-order valence-corrected chi connectivity index (χ1v) is 12.6. The molecule has 0 heteroatoms. The molecule has 1 aromatic rings. The van der Waals surface area contributed by atoms with Crippen LogP contribution in [0.15, 0.2) is 30.3 Å². The van der Waals surface area contributed by atoms with E-state index in [1.165, 1.54) is 102 Å². The molecule has 0 radical (unpaired) electrons. The molecule has 3 rings (SSSR count). The number of hydrogen-bond acceptors (Lipinski definition) is 0. The van der Waals surface area contributed by atoms with Crippen molar-refractivity contribution < 1.29 is 0 Å². The normalized spacial score (nSPS) is 25.5. The molecule has 0 N–H and O–H groups in total. The zero-order valence-corrected chi connectivity index (χ0v) is 18.7. The van der Waals surface area contributed by atoms with Crippen molar-refractivity contribution in [2.24, 2.45) is 11.8 Å². The van der Waals surface area contributed by atoms with Gasteiger partial charge >= 0.3 is 0 Å². The Morgan fingerprint density at radius 1 is 0.714 bits per heavy atom. The van der Waals surface area contributed by atoms with Gasteiger partial charge in [-0.1, -0.05) is 95.6 Å². The van der Waals surface area contributed by atoms with Gasteiger partial charge in [-0.05, 0) is 79.4 Å². The van der Waals surface area contributed by atoms with Crippen LogP contribution in [0.25, 0.3) is 5.57 Å². The predicted octanol–water partition coefficient (Wildman–Crippen LogP) is 9.30. The average Bonchev–Trinajstić information content (AvgIpc) is 2.76.